The molecule has 3 atom stereocenters. The maximum Gasteiger partial charge on any atom is 0.253 e. The molecule has 5 nitrogen and oxygen atoms in total. The number of hydrogen-bond donors (Lipinski definition) is 2. The highest BCUT2D eigenvalue weighted by Gasteiger charge is 2.28. The predicted octanol–water partition coefficient (Wildman–Crippen LogP) is 2.52. The van der Waals surface area contributed by atoms with E-state index in [0.29, 0.717) is 18.8 Å². The summed E-state index contributed by atoms with van der Waals surface area (Å²) in [6, 6.07) is 11.1. The summed E-state index contributed by atoms with van der Waals surface area (Å²) in [5, 5.41) is 13.0. The molecule has 2 aromatic rings. The van der Waals surface area contributed by atoms with E-state index in [2.05, 4.69) is 5.32 Å². The largest absolute Gasteiger partial charge is 0.467 e. The Balaban J connectivity index is 1.61. The minimum absolute atomic E-state index is 0.170. The van der Waals surface area contributed by atoms with Gasteiger partial charge in [0.15, 0.2) is 6.10 Å². The van der Waals surface area contributed by atoms with Gasteiger partial charge in [0.1, 0.15) is 11.9 Å². The molecular weight excluding hydrogens is 294 g/mol. The summed E-state index contributed by atoms with van der Waals surface area (Å²) in [7, 11) is 0. The van der Waals surface area contributed by atoms with E-state index in [4.69, 9.17) is 9.15 Å². The van der Waals surface area contributed by atoms with Gasteiger partial charge in [0.05, 0.1) is 12.9 Å². The normalized spacial score (nSPS) is 19.7. The van der Waals surface area contributed by atoms with Crippen molar-refractivity contribution in [2.75, 3.05) is 6.61 Å². The number of carbonyl (C=O) groups is 1. The van der Waals surface area contributed by atoms with Gasteiger partial charge in [-0.15, -0.1) is 0 Å². The third-order valence-electron chi connectivity index (χ3n) is 4.07. The van der Waals surface area contributed by atoms with Crippen LogP contribution in [0.25, 0.3) is 0 Å². The zero-order valence-corrected chi connectivity index (χ0v) is 13.1. The molecule has 0 bridgehead atoms. The summed E-state index contributed by atoms with van der Waals surface area (Å²) in [6.45, 7) is 2.40. The van der Waals surface area contributed by atoms with Crippen LogP contribution in [-0.2, 0) is 16.0 Å². The fraction of sp³-hybridized carbons (Fsp3) is 0.389. The van der Waals surface area contributed by atoms with Crippen LogP contribution in [0.1, 0.15) is 42.4 Å². The molecule has 2 heterocycles. The number of amides is 1. The zero-order chi connectivity index (χ0) is 16.2. The summed E-state index contributed by atoms with van der Waals surface area (Å²) >= 11 is 0. The van der Waals surface area contributed by atoms with Crippen molar-refractivity contribution in [2.24, 2.45) is 0 Å². The molecule has 0 saturated carbocycles. The van der Waals surface area contributed by atoms with Crippen molar-refractivity contribution < 1.29 is 19.1 Å². The Hall–Kier alpha value is -2.11. The van der Waals surface area contributed by atoms with Crippen molar-refractivity contribution in [1.29, 1.82) is 0 Å². The van der Waals surface area contributed by atoms with Gasteiger partial charge in [-0.05, 0) is 36.6 Å². The van der Waals surface area contributed by atoms with Crippen LogP contribution >= 0.6 is 0 Å². The molecule has 122 valence electrons. The minimum atomic E-state index is -0.736. The van der Waals surface area contributed by atoms with Crippen LogP contribution in [0.5, 0.6) is 0 Å². The van der Waals surface area contributed by atoms with Gasteiger partial charge in [-0.1, -0.05) is 24.3 Å². The summed E-state index contributed by atoms with van der Waals surface area (Å²) in [5.74, 6) is 0.335. The Bertz CT molecular complexity index is 653. The monoisotopic (exact) mass is 315 g/mol. The third-order valence-corrected chi connectivity index (χ3v) is 4.07. The van der Waals surface area contributed by atoms with Gasteiger partial charge >= 0.3 is 0 Å². The zero-order valence-electron chi connectivity index (χ0n) is 13.1. The van der Waals surface area contributed by atoms with Gasteiger partial charge in [-0.25, -0.2) is 0 Å². The van der Waals surface area contributed by atoms with Crippen molar-refractivity contribution in [2.45, 2.75) is 38.0 Å². The van der Waals surface area contributed by atoms with Crippen LogP contribution in [0, 0.1) is 0 Å². The van der Waals surface area contributed by atoms with Crippen molar-refractivity contribution in [3.8, 4) is 0 Å². The molecule has 0 aliphatic carbocycles. The number of fused-ring (bicyclic) bond motifs is 1. The average molecular weight is 315 g/mol. The van der Waals surface area contributed by atoms with E-state index in [1.807, 2.05) is 31.2 Å². The fourth-order valence-corrected chi connectivity index (χ4v) is 2.92. The van der Waals surface area contributed by atoms with Gasteiger partial charge in [0, 0.05) is 12.5 Å². The second-order valence-electron chi connectivity index (χ2n) is 5.88. The average Bonchev–Trinajstić information content (AvgIpc) is 3.08. The summed E-state index contributed by atoms with van der Waals surface area (Å²) in [5.41, 5.74) is 2.08. The Labute approximate surface area is 135 Å². The summed E-state index contributed by atoms with van der Waals surface area (Å²) in [4.78, 5) is 12.5. The Morgan fingerprint density at radius 2 is 2.17 bits per heavy atom. The SMILES string of the molecule is CC(CC(O)c1ccco1)NC(=O)C1OCCc2ccccc21. The maximum absolute atomic E-state index is 12.5. The molecule has 1 aromatic heterocycles. The van der Waals surface area contributed by atoms with Crippen molar-refractivity contribution >= 4 is 5.91 Å². The van der Waals surface area contributed by atoms with Gasteiger partial charge in [0.2, 0.25) is 0 Å². The van der Waals surface area contributed by atoms with E-state index in [0.717, 1.165) is 17.5 Å². The van der Waals surface area contributed by atoms with Crippen LogP contribution in [0.15, 0.2) is 47.1 Å². The molecule has 0 saturated heterocycles. The second-order valence-corrected chi connectivity index (χ2v) is 5.88. The highest BCUT2D eigenvalue weighted by molar-refractivity contribution is 5.83. The molecule has 2 N–H and O–H groups in total. The number of benzene rings is 1. The lowest BCUT2D eigenvalue weighted by Crippen LogP contribution is -2.39. The number of carbonyl (C=O) groups excluding carboxylic acids is 1. The predicted molar refractivity (Wildman–Crippen MR) is 84.7 cm³/mol. The highest BCUT2D eigenvalue weighted by Crippen LogP contribution is 2.27. The Morgan fingerprint density at radius 1 is 1.35 bits per heavy atom. The van der Waals surface area contributed by atoms with E-state index in [9.17, 15) is 9.90 Å². The Morgan fingerprint density at radius 3 is 2.96 bits per heavy atom. The van der Waals surface area contributed by atoms with E-state index >= 15 is 0 Å². The molecule has 1 aromatic carbocycles. The maximum atomic E-state index is 12.5. The first-order valence-corrected chi connectivity index (χ1v) is 7.86. The molecule has 0 fully saturated rings. The summed E-state index contributed by atoms with van der Waals surface area (Å²) in [6.07, 6.45) is 1.41. The van der Waals surface area contributed by atoms with Crippen LogP contribution in [0.2, 0.25) is 0 Å². The van der Waals surface area contributed by atoms with Gasteiger partial charge < -0.3 is 19.6 Å². The first kappa shape index (κ1) is 15.8. The molecule has 5 heteroatoms. The van der Waals surface area contributed by atoms with Gasteiger partial charge in [0.25, 0.3) is 5.91 Å². The van der Waals surface area contributed by atoms with Crippen LogP contribution in [0.4, 0.5) is 0 Å². The van der Waals surface area contributed by atoms with Gasteiger partial charge in [-0.3, -0.25) is 4.79 Å². The molecule has 0 spiro atoms. The number of furan rings is 1. The number of ether oxygens (including phenoxy) is 1. The quantitative estimate of drug-likeness (QED) is 0.889. The number of aliphatic hydroxyl groups excluding tert-OH is 1. The van der Waals surface area contributed by atoms with Crippen LogP contribution < -0.4 is 5.32 Å². The lowest BCUT2D eigenvalue weighted by Gasteiger charge is -2.27. The van der Waals surface area contributed by atoms with Crippen molar-refractivity contribution in [3.63, 3.8) is 0 Å². The highest BCUT2D eigenvalue weighted by atomic mass is 16.5. The van der Waals surface area contributed by atoms with E-state index < -0.39 is 12.2 Å². The number of nitrogens with one attached hydrogen (secondary N) is 1. The lowest BCUT2D eigenvalue weighted by molar-refractivity contribution is -0.135. The fourth-order valence-electron chi connectivity index (χ4n) is 2.92. The van der Waals surface area contributed by atoms with Crippen LogP contribution in [-0.4, -0.2) is 23.7 Å². The molecule has 1 aliphatic rings. The standard InChI is InChI=1S/C18H21NO4/c1-12(11-15(20)16-7-4-9-22-16)19-18(21)17-14-6-3-2-5-13(14)8-10-23-17/h2-7,9,12,15,17,20H,8,10-11H2,1H3,(H,19,21). The Kier molecular flexibility index (Phi) is 4.79. The number of rotatable bonds is 5. The molecule has 23 heavy (non-hydrogen) atoms. The van der Waals surface area contributed by atoms with E-state index in [1.165, 1.54) is 6.26 Å². The molecule has 1 amide bonds. The topological polar surface area (TPSA) is 71.7 Å². The minimum Gasteiger partial charge on any atom is -0.467 e. The summed E-state index contributed by atoms with van der Waals surface area (Å²) < 4.78 is 10.8. The molecule has 3 rings (SSSR count). The molecule has 1 aliphatic heterocycles. The lowest BCUT2D eigenvalue weighted by atomic mass is 9.97. The first-order chi connectivity index (χ1) is 11.1. The van der Waals surface area contributed by atoms with E-state index in [1.54, 1.807) is 12.1 Å². The molecule has 3 unspecified atom stereocenters. The van der Waals surface area contributed by atoms with Crippen molar-refractivity contribution in [1.82, 2.24) is 5.32 Å². The van der Waals surface area contributed by atoms with Crippen LogP contribution in [0.3, 0.4) is 0 Å². The number of hydrogen-bond acceptors (Lipinski definition) is 4. The second kappa shape index (κ2) is 6.98. The molecular formula is C18H21NO4. The third kappa shape index (κ3) is 3.63. The first-order valence-electron chi connectivity index (χ1n) is 7.86. The van der Waals surface area contributed by atoms with E-state index in [-0.39, 0.29) is 11.9 Å². The van der Waals surface area contributed by atoms with Gasteiger partial charge in [-0.2, -0.15) is 0 Å². The van der Waals surface area contributed by atoms with Crippen molar-refractivity contribution in [3.05, 3.63) is 59.5 Å². The molecule has 0 radical (unpaired) electrons. The number of aliphatic hydroxyl groups is 1. The smallest absolute Gasteiger partial charge is 0.253 e.